The van der Waals surface area contributed by atoms with Crippen LogP contribution in [0.25, 0.3) is 0 Å². The zero-order valence-corrected chi connectivity index (χ0v) is 9.23. The van der Waals surface area contributed by atoms with E-state index in [0.29, 0.717) is 6.42 Å². The molecule has 7 heteroatoms. The van der Waals surface area contributed by atoms with Crippen molar-refractivity contribution >= 4 is 15.9 Å². The Kier molecular flexibility index (Phi) is 5.66. The van der Waals surface area contributed by atoms with Crippen LogP contribution in [0.4, 0.5) is 0 Å². The Labute approximate surface area is 84.3 Å². The van der Waals surface area contributed by atoms with E-state index < -0.39 is 15.3 Å². The number of amides is 1. The van der Waals surface area contributed by atoms with Crippen LogP contribution in [-0.2, 0) is 14.8 Å². The first kappa shape index (κ1) is 13.3. The molecule has 0 radical (unpaired) electrons. The van der Waals surface area contributed by atoms with Gasteiger partial charge in [0.1, 0.15) is 0 Å². The van der Waals surface area contributed by atoms with Gasteiger partial charge in [-0.15, -0.1) is 0 Å². The maximum atomic E-state index is 11.4. The fourth-order valence-corrected chi connectivity index (χ4v) is 2.15. The number of carbonyl (C=O) groups is 1. The van der Waals surface area contributed by atoms with Crippen molar-refractivity contribution in [2.75, 3.05) is 20.1 Å². The molecule has 0 rings (SSSR count). The quantitative estimate of drug-likeness (QED) is 0.504. The second kappa shape index (κ2) is 5.94. The molecule has 0 aliphatic carbocycles. The molecular formula is C7H17N3O3S. The summed E-state index contributed by atoms with van der Waals surface area (Å²) in [5.41, 5.74) is 5.29. The third kappa shape index (κ3) is 4.03. The molecule has 0 fully saturated rings. The largest absolute Gasteiger partial charge is 0.358 e. The summed E-state index contributed by atoms with van der Waals surface area (Å²) in [6.45, 7) is 1.55. The molecular weight excluding hydrogens is 206 g/mol. The molecule has 14 heavy (non-hydrogen) atoms. The molecule has 0 aromatic rings. The Morgan fingerprint density at radius 1 is 1.50 bits per heavy atom. The lowest BCUT2D eigenvalue weighted by Crippen LogP contribution is -2.42. The van der Waals surface area contributed by atoms with E-state index in [1.165, 1.54) is 7.05 Å². The Morgan fingerprint density at radius 3 is 2.43 bits per heavy atom. The normalized spacial score (nSPS) is 13.6. The molecule has 1 amide bonds. The SMILES string of the molecule is CCC(CN)S(=O)(=O)NCC(=O)NC. The molecule has 6 nitrogen and oxygen atoms in total. The highest BCUT2D eigenvalue weighted by molar-refractivity contribution is 7.90. The van der Waals surface area contributed by atoms with Gasteiger partial charge >= 0.3 is 0 Å². The van der Waals surface area contributed by atoms with Crippen LogP contribution in [0.15, 0.2) is 0 Å². The van der Waals surface area contributed by atoms with E-state index in [0.717, 1.165) is 0 Å². The van der Waals surface area contributed by atoms with Crippen LogP contribution in [0.3, 0.4) is 0 Å². The van der Waals surface area contributed by atoms with Gasteiger partial charge in [0.15, 0.2) is 0 Å². The average Bonchev–Trinajstić information content (AvgIpc) is 2.15. The van der Waals surface area contributed by atoms with Gasteiger partial charge in [0.05, 0.1) is 11.8 Å². The Balaban J connectivity index is 4.27. The van der Waals surface area contributed by atoms with Gasteiger partial charge in [-0.05, 0) is 6.42 Å². The number of hydrogen-bond donors (Lipinski definition) is 3. The van der Waals surface area contributed by atoms with Crippen molar-refractivity contribution in [1.82, 2.24) is 10.0 Å². The van der Waals surface area contributed by atoms with Crippen LogP contribution in [0.1, 0.15) is 13.3 Å². The van der Waals surface area contributed by atoms with Crippen LogP contribution in [0, 0.1) is 0 Å². The summed E-state index contributed by atoms with van der Waals surface area (Å²) >= 11 is 0. The number of likely N-dealkylation sites (N-methyl/N-ethyl adjacent to an activating group) is 1. The third-order valence-corrected chi connectivity index (χ3v) is 3.82. The summed E-state index contributed by atoms with van der Waals surface area (Å²) in [4.78, 5) is 10.8. The highest BCUT2D eigenvalue weighted by Crippen LogP contribution is 2.01. The maximum absolute atomic E-state index is 11.4. The topological polar surface area (TPSA) is 101 Å². The summed E-state index contributed by atoms with van der Waals surface area (Å²) in [6.07, 6.45) is 0.430. The Hall–Kier alpha value is -0.660. The predicted octanol–water partition coefficient (Wildman–Crippen LogP) is -1.61. The minimum Gasteiger partial charge on any atom is -0.358 e. The second-order valence-corrected chi connectivity index (χ2v) is 4.85. The van der Waals surface area contributed by atoms with Crippen LogP contribution in [0.5, 0.6) is 0 Å². The lowest BCUT2D eigenvalue weighted by atomic mass is 10.3. The molecule has 0 heterocycles. The van der Waals surface area contributed by atoms with Crippen LogP contribution in [0.2, 0.25) is 0 Å². The summed E-state index contributed by atoms with van der Waals surface area (Å²) in [6, 6.07) is 0. The molecule has 0 saturated carbocycles. The van der Waals surface area contributed by atoms with Gasteiger partial charge in [-0.1, -0.05) is 6.92 Å². The monoisotopic (exact) mass is 223 g/mol. The molecule has 0 aromatic heterocycles. The summed E-state index contributed by atoms with van der Waals surface area (Å²) in [7, 11) is -2.02. The van der Waals surface area contributed by atoms with Crippen molar-refractivity contribution in [3.05, 3.63) is 0 Å². The van der Waals surface area contributed by atoms with Crippen LogP contribution in [-0.4, -0.2) is 39.7 Å². The van der Waals surface area contributed by atoms with E-state index >= 15 is 0 Å². The lowest BCUT2D eigenvalue weighted by molar-refractivity contribution is -0.119. The zero-order valence-electron chi connectivity index (χ0n) is 8.41. The first-order chi connectivity index (χ1) is 6.47. The molecule has 4 N–H and O–H groups in total. The van der Waals surface area contributed by atoms with Gasteiger partial charge in [0.25, 0.3) is 0 Å². The van der Waals surface area contributed by atoms with Crippen molar-refractivity contribution in [2.45, 2.75) is 18.6 Å². The zero-order chi connectivity index (χ0) is 11.2. The van der Waals surface area contributed by atoms with Gasteiger partial charge in [-0.25, -0.2) is 13.1 Å². The molecule has 0 aromatic carbocycles. The van der Waals surface area contributed by atoms with E-state index in [2.05, 4.69) is 10.0 Å². The van der Waals surface area contributed by atoms with E-state index in [-0.39, 0.29) is 19.0 Å². The third-order valence-electron chi connectivity index (χ3n) is 1.87. The molecule has 0 spiro atoms. The fourth-order valence-electron chi connectivity index (χ4n) is 0.885. The van der Waals surface area contributed by atoms with E-state index in [9.17, 15) is 13.2 Å². The lowest BCUT2D eigenvalue weighted by Gasteiger charge is -2.13. The van der Waals surface area contributed by atoms with E-state index in [1.54, 1.807) is 6.92 Å². The number of carbonyl (C=O) groups excluding carboxylic acids is 1. The first-order valence-electron chi connectivity index (χ1n) is 4.37. The van der Waals surface area contributed by atoms with Gasteiger partial charge in [-0.2, -0.15) is 0 Å². The Morgan fingerprint density at radius 2 is 2.07 bits per heavy atom. The van der Waals surface area contributed by atoms with Gasteiger partial charge in [0.2, 0.25) is 15.9 Å². The number of nitrogens with two attached hydrogens (primary N) is 1. The van der Waals surface area contributed by atoms with Crippen molar-refractivity contribution in [3.63, 3.8) is 0 Å². The molecule has 0 bridgehead atoms. The second-order valence-electron chi connectivity index (χ2n) is 2.81. The number of rotatable bonds is 6. The van der Waals surface area contributed by atoms with Crippen LogP contribution >= 0.6 is 0 Å². The molecule has 84 valence electrons. The number of nitrogens with one attached hydrogen (secondary N) is 2. The summed E-state index contributed by atoms with van der Waals surface area (Å²) in [5, 5.41) is 1.68. The average molecular weight is 223 g/mol. The standard InChI is InChI=1S/C7H17N3O3S/c1-3-6(4-8)14(12,13)10-5-7(11)9-2/h6,10H,3-5,8H2,1-2H3,(H,9,11). The number of sulfonamides is 1. The predicted molar refractivity (Wildman–Crippen MR) is 54.1 cm³/mol. The van der Waals surface area contributed by atoms with Crippen molar-refractivity contribution in [2.24, 2.45) is 5.73 Å². The summed E-state index contributed by atoms with van der Waals surface area (Å²) in [5.74, 6) is -0.375. The molecule has 0 saturated heterocycles. The van der Waals surface area contributed by atoms with Crippen LogP contribution < -0.4 is 15.8 Å². The van der Waals surface area contributed by atoms with Crippen molar-refractivity contribution in [3.8, 4) is 0 Å². The van der Waals surface area contributed by atoms with E-state index in [1.807, 2.05) is 0 Å². The highest BCUT2D eigenvalue weighted by atomic mass is 32.2. The van der Waals surface area contributed by atoms with Gasteiger partial charge in [-0.3, -0.25) is 4.79 Å². The van der Waals surface area contributed by atoms with Gasteiger partial charge < -0.3 is 11.1 Å². The minimum absolute atomic E-state index is 0.0551. The van der Waals surface area contributed by atoms with Crippen molar-refractivity contribution in [1.29, 1.82) is 0 Å². The molecule has 0 aliphatic rings. The fraction of sp³-hybridized carbons (Fsp3) is 0.857. The first-order valence-corrected chi connectivity index (χ1v) is 5.91. The molecule has 1 atom stereocenters. The summed E-state index contributed by atoms with van der Waals surface area (Å²) < 4.78 is 25.1. The van der Waals surface area contributed by atoms with Crippen molar-refractivity contribution < 1.29 is 13.2 Å². The van der Waals surface area contributed by atoms with Gasteiger partial charge in [0, 0.05) is 13.6 Å². The Bertz CT molecular complexity index is 272. The smallest absolute Gasteiger partial charge is 0.234 e. The highest BCUT2D eigenvalue weighted by Gasteiger charge is 2.22. The minimum atomic E-state index is -3.46. The molecule has 1 unspecified atom stereocenters. The number of hydrogen-bond acceptors (Lipinski definition) is 4. The molecule has 0 aliphatic heterocycles. The van der Waals surface area contributed by atoms with E-state index in [4.69, 9.17) is 5.73 Å². The maximum Gasteiger partial charge on any atom is 0.234 e.